The summed E-state index contributed by atoms with van der Waals surface area (Å²) >= 11 is 0. The van der Waals surface area contributed by atoms with Gasteiger partial charge in [-0.05, 0) is 62.2 Å². The zero-order chi connectivity index (χ0) is 22.6. The van der Waals surface area contributed by atoms with Crippen LogP contribution in [0, 0.1) is 46.3 Å². The fraction of sp³-hybridized carbons (Fsp3) is 0.920. The molecule has 6 aliphatic rings. The molecule has 7 nitrogen and oxygen atoms in total. The molecule has 2 saturated heterocycles. The third-order valence-electron chi connectivity index (χ3n) is 11.3. The van der Waals surface area contributed by atoms with E-state index in [9.17, 15) is 19.8 Å². The third-order valence-corrected chi connectivity index (χ3v) is 11.3. The van der Waals surface area contributed by atoms with Crippen molar-refractivity contribution in [3.05, 3.63) is 0 Å². The summed E-state index contributed by atoms with van der Waals surface area (Å²) in [6, 6.07) is 0.105. The molecule has 0 aromatic carbocycles. The summed E-state index contributed by atoms with van der Waals surface area (Å²) < 4.78 is 11.0. The van der Waals surface area contributed by atoms with Crippen LogP contribution in [0.5, 0.6) is 0 Å². The van der Waals surface area contributed by atoms with Crippen LogP contribution >= 0.6 is 0 Å². The van der Waals surface area contributed by atoms with Gasteiger partial charge in [0.15, 0.2) is 0 Å². The van der Waals surface area contributed by atoms with Gasteiger partial charge in [-0.1, -0.05) is 6.92 Å². The van der Waals surface area contributed by atoms with E-state index in [0.717, 1.165) is 38.8 Å². The van der Waals surface area contributed by atoms with Gasteiger partial charge in [-0.2, -0.15) is 0 Å². The van der Waals surface area contributed by atoms with Crippen LogP contribution in [0.4, 0.5) is 0 Å². The highest BCUT2D eigenvalue weighted by atomic mass is 16.5. The molecule has 32 heavy (non-hydrogen) atoms. The first-order valence-corrected chi connectivity index (χ1v) is 12.6. The number of carbonyl (C=O) groups excluding carboxylic acids is 2. The van der Waals surface area contributed by atoms with Crippen molar-refractivity contribution in [3.63, 3.8) is 0 Å². The normalized spacial score (nSPS) is 55.3. The maximum absolute atomic E-state index is 13.1. The molecule has 2 heterocycles. The molecule has 7 heteroatoms. The molecule has 0 amide bonds. The van der Waals surface area contributed by atoms with E-state index in [0.29, 0.717) is 18.8 Å². The smallest absolute Gasteiger partial charge is 0.309 e. The average Bonchev–Trinajstić information content (AvgIpc) is 3.32. The van der Waals surface area contributed by atoms with E-state index in [1.54, 1.807) is 0 Å². The molecule has 2 aliphatic heterocycles. The Morgan fingerprint density at radius 1 is 1.12 bits per heavy atom. The van der Waals surface area contributed by atoms with Crippen molar-refractivity contribution < 1.29 is 29.3 Å². The predicted octanol–water partition coefficient (Wildman–Crippen LogP) is 1.60. The van der Waals surface area contributed by atoms with Crippen molar-refractivity contribution in [2.75, 3.05) is 26.8 Å². The van der Waals surface area contributed by atoms with Crippen LogP contribution in [0.3, 0.4) is 0 Å². The van der Waals surface area contributed by atoms with Gasteiger partial charge in [0.1, 0.15) is 6.61 Å². The summed E-state index contributed by atoms with van der Waals surface area (Å²) in [4.78, 5) is 27.7. The van der Waals surface area contributed by atoms with Crippen molar-refractivity contribution in [3.8, 4) is 0 Å². The molecule has 6 fully saturated rings. The molecule has 6 rings (SSSR count). The van der Waals surface area contributed by atoms with E-state index >= 15 is 0 Å². The average molecular weight is 448 g/mol. The number of esters is 2. The van der Waals surface area contributed by atoms with Gasteiger partial charge in [-0.15, -0.1) is 0 Å². The monoisotopic (exact) mass is 447 g/mol. The molecule has 0 unspecified atom stereocenters. The summed E-state index contributed by atoms with van der Waals surface area (Å²) in [5.41, 5.74) is -2.45. The lowest BCUT2D eigenvalue weighted by Crippen LogP contribution is -2.78. The van der Waals surface area contributed by atoms with Crippen molar-refractivity contribution in [1.82, 2.24) is 4.90 Å². The summed E-state index contributed by atoms with van der Waals surface area (Å²) in [5.74, 6) is -0.161. The summed E-state index contributed by atoms with van der Waals surface area (Å²) in [6.07, 6.45) is 4.10. The molecular formula is C25H37NO6. The number of hydrogen-bond acceptors (Lipinski definition) is 7. The first-order chi connectivity index (χ1) is 15.2. The van der Waals surface area contributed by atoms with Crippen LogP contribution < -0.4 is 0 Å². The predicted molar refractivity (Wildman–Crippen MR) is 114 cm³/mol. The highest BCUT2D eigenvalue weighted by Gasteiger charge is 2.85. The van der Waals surface area contributed by atoms with Gasteiger partial charge >= 0.3 is 11.9 Å². The van der Waals surface area contributed by atoms with Gasteiger partial charge in [0.25, 0.3) is 0 Å². The van der Waals surface area contributed by atoms with Gasteiger partial charge in [0, 0.05) is 42.8 Å². The summed E-state index contributed by atoms with van der Waals surface area (Å²) in [5, 5.41) is 24.9. The topological polar surface area (TPSA) is 96.3 Å². The van der Waals surface area contributed by atoms with Crippen LogP contribution in [0.1, 0.15) is 52.4 Å². The number of ether oxygens (including phenoxy) is 2. The number of nitrogens with zero attached hydrogens (tertiary/aromatic N) is 1. The van der Waals surface area contributed by atoms with Crippen molar-refractivity contribution in [2.45, 2.75) is 70.1 Å². The Bertz CT molecular complexity index is 848. The largest absolute Gasteiger partial charge is 0.469 e. The molecular weight excluding hydrogens is 410 g/mol. The number of methoxy groups -OCH3 is 1. The van der Waals surface area contributed by atoms with Crippen LogP contribution in [-0.4, -0.2) is 71.6 Å². The van der Waals surface area contributed by atoms with E-state index in [1.807, 2.05) is 0 Å². The molecule has 0 aromatic heterocycles. The number of aliphatic hydroxyl groups excluding tert-OH is 1. The van der Waals surface area contributed by atoms with Gasteiger partial charge in [-0.3, -0.25) is 14.5 Å². The Morgan fingerprint density at radius 3 is 2.56 bits per heavy atom. The number of rotatable bonds is 3. The van der Waals surface area contributed by atoms with E-state index in [2.05, 4.69) is 11.8 Å². The molecule has 1 spiro atoms. The maximum atomic E-state index is 13.1. The first-order valence-electron chi connectivity index (χ1n) is 12.6. The molecule has 4 saturated carbocycles. The Morgan fingerprint density at radius 2 is 1.84 bits per heavy atom. The van der Waals surface area contributed by atoms with Crippen LogP contribution in [0.25, 0.3) is 0 Å². The van der Waals surface area contributed by atoms with Crippen molar-refractivity contribution in [2.24, 2.45) is 46.3 Å². The van der Waals surface area contributed by atoms with E-state index < -0.39 is 22.5 Å². The molecule has 178 valence electrons. The van der Waals surface area contributed by atoms with Gasteiger partial charge in [0.2, 0.25) is 0 Å². The fourth-order valence-electron chi connectivity index (χ4n) is 10.5. The minimum atomic E-state index is -1.05. The SMILES string of the molecule is COC(=O)[C@@H]1C[C@]23[C@H]4[C@@H]5C[C@@H](O)[C@@]2(COC(C)=O)[C@H](CC[C@H]2CC[C@H]1[C@@]23O)CN4C[C@H]5C. The number of piperidine rings is 1. The fourth-order valence-corrected chi connectivity index (χ4v) is 10.5. The van der Waals surface area contributed by atoms with Gasteiger partial charge in [0.05, 0.1) is 24.7 Å². The van der Waals surface area contributed by atoms with E-state index in [1.165, 1.54) is 14.0 Å². The highest BCUT2D eigenvalue weighted by Crippen LogP contribution is 2.79. The van der Waals surface area contributed by atoms with Crippen molar-refractivity contribution in [1.29, 1.82) is 0 Å². The Hall–Kier alpha value is -1.18. The number of carbonyl (C=O) groups is 2. The standard InChI is InChI=1S/C25H37NO6/c1-13-10-26-11-16-5-4-15-6-7-19-18(22(29)31-3)9-24(25(15,19)30)21(26)17(13)8-20(28)23(16,24)12-32-14(2)27/h13,15-21,28,30H,4-12H2,1-3H3/t13-,15+,16-,17-,18-,19-,20-,21-,23-,24+,25+/m1/s1. The first kappa shape index (κ1) is 21.4. The number of hydrogen-bond donors (Lipinski definition) is 2. The Kier molecular flexibility index (Phi) is 4.47. The maximum Gasteiger partial charge on any atom is 0.309 e. The molecule has 0 radical (unpaired) electrons. The molecule has 2 N–H and O–H groups in total. The molecule has 0 aromatic rings. The molecule has 11 atom stereocenters. The zero-order valence-electron chi connectivity index (χ0n) is 19.5. The lowest BCUT2D eigenvalue weighted by molar-refractivity contribution is -0.296. The van der Waals surface area contributed by atoms with Gasteiger partial charge in [-0.25, -0.2) is 0 Å². The zero-order valence-corrected chi connectivity index (χ0v) is 19.5. The lowest BCUT2D eigenvalue weighted by atomic mass is 9.40. The second-order valence-corrected chi connectivity index (χ2v) is 11.9. The minimum Gasteiger partial charge on any atom is -0.469 e. The van der Waals surface area contributed by atoms with E-state index in [4.69, 9.17) is 9.47 Å². The molecule has 4 bridgehead atoms. The Labute approximate surface area is 189 Å². The lowest BCUT2D eigenvalue weighted by Gasteiger charge is -2.70. The molecule has 4 aliphatic carbocycles. The summed E-state index contributed by atoms with van der Waals surface area (Å²) in [6.45, 7) is 5.67. The van der Waals surface area contributed by atoms with Crippen molar-refractivity contribution >= 4 is 11.9 Å². The second-order valence-electron chi connectivity index (χ2n) is 11.9. The highest BCUT2D eigenvalue weighted by molar-refractivity contribution is 5.74. The third kappa shape index (κ3) is 2.15. The van der Waals surface area contributed by atoms with Crippen LogP contribution in [0.2, 0.25) is 0 Å². The van der Waals surface area contributed by atoms with Crippen LogP contribution in [-0.2, 0) is 19.1 Å². The quantitative estimate of drug-likeness (QED) is 0.635. The van der Waals surface area contributed by atoms with Crippen LogP contribution in [0.15, 0.2) is 0 Å². The Balaban J connectivity index is 1.63. The van der Waals surface area contributed by atoms with Gasteiger partial charge < -0.3 is 19.7 Å². The number of aliphatic hydroxyl groups is 2. The van der Waals surface area contributed by atoms with E-state index in [-0.39, 0.29) is 54.2 Å². The minimum absolute atomic E-state index is 0.105. The second kappa shape index (κ2) is 6.70. The summed E-state index contributed by atoms with van der Waals surface area (Å²) in [7, 11) is 1.44.